The fourth-order valence-corrected chi connectivity index (χ4v) is 1.66. The predicted molar refractivity (Wildman–Crippen MR) is 52.0 cm³/mol. The standard InChI is InChI=1S/C10H15N4/c1-3-4-6-14(9-12)7-5-13(2)10(14)8-11/h5,7,10H,3-4,6H2,1-2H3/q+1. The lowest BCUT2D eigenvalue weighted by molar-refractivity contribution is -0.835. The maximum atomic E-state index is 9.16. The molecular formula is C10H15N4+. The molecule has 0 aliphatic carbocycles. The van der Waals surface area contributed by atoms with E-state index >= 15 is 0 Å². The van der Waals surface area contributed by atoms with Crippen LogP contribution in [0.3, 0.4) is 0 Å². The minimum Gasteiger partial charge on any atom is -0.314 e. The van der Waals surface area contributed by atoms with E-state index in [9.17, 15) is 0 Å². The summed E-state index contributed by atoms with van der Waals surface area (Å²) in [4.78, 5) is 1.79. The van der Waals surface area contributed by atoms with Gasteiger partial charge >= 0.3 is 6.19 Å². The average molecular weight is 191 g/mol. The van der Waals surface area contributed by atoms with E-state index in [2.05, 4.69) is 19.2 Å². The summed E-state index contributed by atoms with van der Waals surface area (Å²) < 4.78 is 0.112. The second-order valence-corrected chi connectivity index (χ2v) is 3.57. The molecule has 4 heteroatoms. The zero-order valence-corrected chi connectivity index (χ0v) is 8.64. The lowest BCUT2D eigenvalue weighted by Crippen LogP contribution is -2.49. The monoisotopic (exact) mass is 191 g/mol. The van der Waals surface area contributed by atoms with Crippen molar-refractivity contribution < 1.29 is 4.48 Å². The average Bonchev–Trinajstić information content (AvgIpc) is 2.53. The molecule has 0 saturated heterocycles. The molecule has 1 heterocycles. The van der Waals surface area contributed by atoms with E-state index in [0.717, 1.165) is 12.8 Å². The molecule has 0 amide bonds. The van der Waals surface area contributed by atoms with Gasteiger partial charge in [0.25, 0.3) is 6.17 Å². The number of nitrogens with zero attached hydrogens (tertiary/aromatic N) is 4. The van der Waals surface area contributed by atoms with Gasteiger partial charge < -0.3 is 4.90 Å². The predicted octanol–water partition coefficient (Wildman–Crippen LogP) is 1.35. The van der Waals surface area contributed by atoms with E-state index < -0.39 is 0 Å². The van der Waals surface area contributed by atoms with Gasteiger partial charge in [-0.2, -0.15) is 9.74 Å². The van der Waals surface area contributed by atoms with Gasteiger partial charge in [-0.05, 0) is 6.42 Å². The Morgan fingerprint density at radius 2 is 2.21 bits per heavy atom. The SMILES string of the molecule is CCCC[N+]1(C#N)C=CN(C)C1C#N. The molecule has 1 aliphatic rings. The molecule has 1 aliphatic heterocycles. The summed E-state index contributed by atoms with van der Waals surface area (Å²) in [6, 6.07) is 2.18. The second kappa shape index (κ2) is 4.13. The van der Waals surface area contributed by atoms with Crippen LogP contribution in [0.1, 0.15) is 19.8 Å². The highest BCUT2D eigenvalue weighted by atomic mass is 15.5. The van der Waals surface area contributed by atoms with Crippen molar-refractivity contribution in [3.8, 4) is 12.3 Å². The van der Waals surface area contributed by atoms with Crippen molar-refractivity contribution in [3.63, 3.8) is 0 Å². The Morgan fingerprint density at radius 3 is 2.71 bits per heavy atom. The van der Waals surface area contributed by atoms with Gasteiger partial charge in [-0.15, -0.1) is 5.26 Å². The van der Waals surface area contributed by atoms with Crippen molar-refractivity contribution in [2.24, 2.45) is 0 Å². The Bertz CT molecular complexity index is 309. The molecule has 0 saturated carbocycles. The number of hydrogen-bond acceptors (Lipinski definition) is 3. The maximum absolute atomic E-state index is 9.16. The van der Waals surface area contributed by atoms with E-state index in [4.69, 9.17) is 10.5 Å². The lowest BCUT2D eigenvalue weighted by atomic mass is 10.2. The zero-order valence-electron chi connectivity index (χ0n) is 8.64. The molecule has 0 aromatic heterocycles. The molecule has 0 N–H and O–H groups in total. The van der Waals surface area contributed by atoms with E-state index in [-0.39, 0.29) is 10.6 Å². The van der Waals surface area contributed by atoms with Crippen LogP contribution in [-0.4, -0.2) is 29.1 Å². The van der Waals surface area contributed by atoms with Crippen molar-refractivity contribution in [1.29, 1.82) is 10.5 Å². The molecule has 2 atom stereocenters. The Labute approximate surface area is 84.8 Å². The van der Waals surface area contributed by atoms with E-state index in [1.807, 2.05) is 19.4 Å². The Morgan fingerprint density at radius 1 is 1.50 bits per heavy atom. The fourth-order valence-electron chi connectivity index (χ4n) is 1.66. The van der Waals surface area contributed by atoms with Crippen LogP contribution in [0.2, 0.25) is 0 Å². The lowest BCUT2D eigenvalue weighted by Gasteiger charge is -2.27. The van der Waals surface area contributed by atoms with Crippen LogP contribution in [0.25, 0.3) is 0 Å². The van der Waals surface area contributed by atoms with Gasteiger partial charge in [-0.3, -0.25) is 0 Å². The molecule has 0 bridgehead atoms. The molecule has 0 fully saturated rings. The second-order valence-electron chi connectivity index (χ2n) is 3.57. The number of nitriles is 2. The normalized spacial score (nSPS) is 30.0. The summed E-state index contributed by atoms with van der Waals surface area (Å²) in [5, 5.41) is 18.2. The third-order valence-corrected chi connectivity index (χ3v) is 2.57. The Balaban J connectivity index is 2.85. The first-order chi connectivity index (χ1) is 6.70. The molecular weight excluding hydrogens is 176 g/mol. The van der Waals surface area contributed by atoms with E-state index in [0.29, 0.717) is 6.54 Å². The molecule has 0 radical (unpaired) electrons. The van der Waals surface area contributed by atoms with Crippen LogP contribution in [0.4, 0.5) is 0 Å². The quantitative estimate of drug-likeness (QED) is 0.500. The van der Waals surface area contributed by atoms with E-state index in [1.165, 1.54) is 0 Å². The summed E-state index contributed by atoms with van der Waals surface area (Å²) in [6.45, 7) is 2.80. The van der Waals surface area contributed by atoms with Crippen molar-refractivity contribution in [2.45, 2.75) is 25.9 Å². The molecule has 14 heavy (non-hydrogen) atoms. The number of hydrogen-bond donors (Lipinski definition) is 0. The minimum atomic E-state index is -0.383. The molecule has 4 nitrogen and oxygen atoms in total. The maximum Gasteiger partial charge on any atom is 0.316 e. The van der Waals surface area contributed by atoms with Crippen LogP contribution in [0.5, 0.6) is 0 Å². The summed E-state index contributed by atoms with van der Waals surface area (Å²) in [7, 11) is 1.83. The van der Waals surface area contributed by atoms with Crippen LogP contribution in [-0.2, 0) is 0 Å². The summed E-state index contributed by atoms with van der Waals surface area (Å²) in [6.07, 6.45) is 7.47. The molecule has 74 valence electrons. The van der Waals surface area contributed by atoms with Gasteiger partial charge in [0.2, 0.25) is 0 Å². The Kier molecular flexibility index (Phi) is 3.11. The minimum absolute atomic E-state index is 0.112. The van der Waals surface area contributed by atoms with Crippen LogP contribution in [0, 0.1) is 22.8 Å². The van der Waals surface area contributed by atoms with Gasteiger partial charge in [0.05, 0.1) is 12.7 Å². The third-order valence-electron chi connectivity index (χ3n) is 2.57. The number of unbranched alkanes of at least 4 members (excludes halogenated alkanes) is 1. The highest BCUT2D eigenvalue weighted by Crippen LogP contribution is 2.23. The first-order valence-corrected chi connectivity index (χ1v) is 4.80. The van der Waals surface area contributed by atoms with Crippen LogP contribution >= 0.6 is 0 Å². The number of rotatable bonds is 3. The highest BCUT2D eigenvalue weighted by molar-refractivity contribution is 4.99. The molecule has 0 aromatic carbocycles. The van der Waals surface area contributed by atoms with Crippen molar-refractivity contribution in [1.82, 2.24) is 4.90 Å². The summed E-state index contributed by atoms with van der Waals surface area (Å²) in [5.74, 6) is 0. The van der Waals surface area contributed by atoms with Gasteiger partial charge in [-0.1, -0.05) is 13.3 Å². The van der Waals surface area contributed by atoms with Crippen molar-refractivity contribution in [3.05, 3.63) is 12.4 Å². The van der Waals surface area contributed by atoms with Crippen LogP contribution in [0.15, 0.2) is 12.4 Å². The van der Waals surface area contributed by atoms with Gasteiger partial charge in [0, 0.05) is 7.05 Å². The summed E-state index contributed by atoms with van der Waals surface area (Å²) >= 11 is 0. The molecule has 2 unspecified atom stereocenters. The smallest absolute Gasteiger partial charge is 0.314 e. The fraction of sp³-hybridized carbons (Fsp3) is 0.600. The van der Waals surface area contributed by atoms with Gasteiger partial charge in [0.15, 0.2) is 6.07 Å². The zero-order chi connectivity index (χ0) is 10.6. The molecule has 0 aromatic rings. The topological polar surface area (TPSA) is 50.8 Å². The number of quaternary nitrogens is 1. The van der Waals surface area contributed by atoms with Crippen LogP contribution < -0.4 is 0 Å². The van der Waals surface area contributed by atoms with E-state index in [1.54, 1.807) is 4.90 Å². The Hall–Kier alpha value is -1.52. The first kappa shape index (κ1) is 10.6. The third kappa shape index (κ3) is 1.57. The van der Waals surface area contributed by atoms with Crippen molar-refractivity contribution >= 4 is 0 Å². The van der Waals surface area contributed by atoms with Crippen molar-refractivity contribution in [2.75, 3.05) is 13.6 Å². The highest BCUT2D eigenvalue weighted by Gasteiger charge is 2.42. The first-order valence-electron chi connectivity index (χ1n) is 4.80. The largest absolute Gasteiger partial charge is 0.316 e. The molecule has 0 spiro atoms. The van der Waals surface area contributed by atoms with Gasteiger partial charge in [-0.25, -0.2) is 0 Å². The molecule has 1 rings (SSSR count). The summed E-state index contributed by atoms with van der Waals surface area (Å²) in [5.41, 5.74) is 0. The van der Waals surface area contributed by atoms with Gasteiger partial charge in [0.1, 0.15) is 6.20 Å².